The average molecular weight is 358 g/mol. The number of fused-ring (bicyclic) bond motifs is 1. The molecule has 2 heterocycles. The molecule has 0 saturated carbocycles. The lowest BCUT2D eigenvalue weighted by Crippen LogP contribution is -2.58. The van der Waals surface area contributed by atoms with Gasteiger partial charge in [0.25, 0.3) is 0 Å². The van der Waals surface area contributed by atoms with Crippen molar-refractivity contribution >= 4 is 28.7 Å². The summed E-state index contributed by atoms with van der Waals surface area (Å²) in [6.45, 7) is 2.63. The summed E-state index contributed by atoms with van der Waals surface area (Å²) in [5.41, 5.74) is 1.71. The summed E-state index contributed by atoms with van der Waals surface area (Å²) in [6, 6.07) is 6.84. The van der Waals surface area contributed by atoms with Crippen LogP contribution < -0.4 is 5.32 Å². The van der Waals surface area contributed by atoms with Crippen molar-refractivity contribution in [2.75, 3.05) is 26.2 Å². The molecule has 1 unspecified atom stereocenters. The van der Waals surface area contributed by atoms with Gasteiger partial charge in [0, 0.05) is 44.9 Å². The average Bonchev–Trinajstić information content (AvgIpc) is 3.02. The van der Waals surface area contributed by atoms with E-state index in [1.807, 2.05) is 36.0 Å². The number of nitrogens with zero attached hydrogens (tertiary/aromatic N) is 3. The number of imide groups is 1. The highest BCUT2D eigenvalue weighted by Gasteiger charge is 2.35. The summed E-state index contributed by atoms with van der Waals surface area (Å²) < 4.78 is 1.98. The lowest BCUT2D eigenvalue weighted by molar-refractivity contribution is -0.153. The minimum Gasteiger partial charge on any atom is -0.387 e. The monoisotopic (exact) mass is 358 g/mol. The Labute approximate surface area is 151 Å². The van der Waals surface area contributed by atoms with E-state index in [-0.39, 0.29) is 13.1 Å². The van der Waals surface area contributed by atoms with Gasteiger partial charge in [-0.05, 0) is 36.1 Å². The number of aromatic nitrogens is 1. The standard InChI is InChI=1S/C18H22N4O4/c1-3-21-8-9-22(17(25)16(21)24)18(26)19-11-15(23)13-4-5-14-12(10-13)6-7-20(14)2/h4-7,10,15,23H,3,8-9,11H2,1-2H3,(H,19,26). The Balaban J connectivity index is 1.61. The van der Waals surface area contributed by atoms with Crippen LogP contribution in [-0.4, -0.2) is 63.5 Å². The first kappa shape index (κ1) is 17.9. The number of piperazine rings is 1. The topological polar surface area (TPSA) is 94.9 Å². The van der Waals surface area contributed by atoms with Crippen LogP contribution in [-0.2, 0) is 16.6 Å². The highest BCUT2D eigenvalue weighted by atomic mass is 16.3. The largest absolute Gasteiger partial charge is 0.387 e. The fourth-order valence-corrected chi connectivity index (χ4v) is 3.07. The molecule has 1 aliphatic heterocycles. The maximum absolute atomic E-state index is 12.2. The number of hydrogen-bond acceptors (Lipinski definition) is 4. The molecule has 0 bridgehead atoms. The van der Waals surface area contributed by atoms with Crippen LogP contribution in [0, 0.1) is 0 Å². The van der Waals surface area contributed by atoms with E-state index in [0.717, 1.165) is 15.8 Å². The molecule has 1 saturated heterocycles. The molecule has 1 atom stereocenters. The quantitative estimate of drug-likeness (QED) is 0.783. The molecule has 8 heteroatoms. The van der Waals surface area contributed by atoms with Crippen molar-refractivity contribution in [3.05, 3.63) is 36.0 Å². The molecule has 26 heavy (non-hydrogen) atoms. The summed E-state index contributed by atoms with van der Waals surface area (Å²) in [6.07, 6.45) is 1.02. The third-order valence-corrected chi connectivity index (χ3v) is 4.68. The molecule has 1 aliphatic rings. The summed E-state index contributed by atoms with van der Waals surface area (Å²) in [5.74, 6) is -1.51. The number of urea groups is 1. The van der Waals surface area contributed by atoms with Gasteiger partial charge >= 0.3 is 17.8 Å². The second-order valence-electron chi connectivity index (χ2n) is 6.29. The summed E-state index contributed by atoms with van der Waals surface area (Å²) in [7, 11) is 1.94. The van der Waals surface area contributed by atoms with E-state index < -0.39 is 23.9 Å². The summed E-state index contributed by atoms with van der Waals surface area (Å²) in [4.78, 5) is 38.4. The van der Waals surface area contributed by atoms with Gasteiger partial charge in [-0.15, -0.1) is 0 Å². The van der Waals surface area contributed by atoms with Gasteiger partial charge < -0.3 is 19.9 Å². The molecule has 0 spiro atoms. The van der Waals surface area contributed by atoms with Crippen molar-refractivity contribution in [2.24, 2.45) is 7.05 Å². The number of aryl methyl sites for hydroxylation is 1. The minimum absolute atomic E-state index is 0.0490. The van der Waals surface area contributed by atoms with Crippen LogP contribution in [0.5, 0.6) is 0 Å². The molecule has 138 valence electrons. The van der Waals surface area contributed by atoms with E-state index >= 15 is 0 Å². The van der Waals surface area contributed by atoms with Crippen LogP contribution in [0.25, 0.3) is 10.9 Å². The first-order valence-corrected chi connectivity index (χ1v) is 8.54. The molecule has 0 radical (unpaired) electrons. The lowest BCUT2D eigenvalue weighted by atomic mass is 10.1. The number of likely N-dealkylation sites (N-methyl/N-ethyl adjacent to an activating group) is 1. The van der Waals surface area contributed by atoms with Gasteiger partial charge in [-0.3, -0.25) is 14.5 Å². The Bertz CT molecular complexity index is 860. The molecule has 4 amide bonds. The zero-order valence-corrected chi connectivity index (χ0v) is 14.8. The van der Waals surface area contributed by atoms with Gasteiger partial charge in [0.2, 0.25) is 0 Å². The highest BCUT2D eigenvalue weighted by molar-refractivity contribution is 6.38. The number of carbonyl (C=O) groups excluding carboxylic acids is 3. The van der Waals surface area contributed by atoms with E-state index in [9.17, 15) is 19.5 Å². The van der Waals surface area contributed by atoms with E-state index in [1.165, 1.54) is 4.90 Å². The van der Waals surface area contributed by atoms with Crippen molar-refractivity contribution in [3.63, 3.8) is 0 Å². The van der Waals surface area contributed by atoms with Gasteiger partial charge in [0.05, 0.1) is 6.10 Å². The van der Waals surface area contributed by atoms with Crippen LogP contribution in [0.2, 0.25) is 0 Å². The Morgan fingerprint density at radius 3 is 2.73 bits per heavy atom. The minimum atomic E-state index is -0.911. The molecule has 8 nitrogen and oxygen atoms in total. The van der Waals surface area contributed by atoms with Crippen molar-refractivity contribution in [3.8, 4) is 0 Å². The number of aliphatic hydroxyl groups excluding tert-OH is 1. The third kappa shape index (κ3) is 3.28. The number of nitrogens with one attached hydrogen (secondary N) is 1. The number of benzene rings is 1. The molecular formula is C18H22N4O4. The van der Waals surface area contributed by atoms with Gasteiger partial charge in [-0.25, -0.2) is 4.79 Å². The van der Waals surface area contributed by atoms with E-state index in [4.69, 9.17) is 0 Å². The predicted molar refractivity (Wildman–Crippen MR) is 95.2 cm³/mol. The Morgan fingerprint density at radius 2 is 2.00 bits per heavy atom. The fourth-order valence-electron chi connectivity index (χ4n) is 3.07. The number of aliphatic hydroxyl groups is 1. The lowest BCUT2D eigenvalue weighted by Gasteiger charge is -2.31. The van der Waals surface area contributed by atoms with Gasteiger partial charge in [0.1, 0.15) is 0 Å². The number of carbonyl (C=O) groups is 3. The van der Waals surface area contributed by atoms with E-state index in [2.05, 4.69) is 5.32 Å². The molecule has 2 aromatic rings. The molecule has 3 rings (SSSR count). The number of rotatable bonds is 4. The molecule has 0 aliphatic carbocycles. The first-order valence-electron chi connectivity index (χ1n) is 8.54. The van der Waals surface area contributed by atoms with Crippen LogP contribution in [0.4, 0.5) is 4.79 Å². The zero-order chi connectivity index (χ0) is 18.8. The van der Waals surface area contributed by atoms with Gasteiger partial charge in [0.15, 0.2) is 0 Å². The zero-order valence-electron chi connectivity index (χ0n) is 14.8. The summed E-state index contributed by atoms with van der Waals surface area (Å²) in [5, 5.41) is 13.9. The van der Waals surface area contributed by atoms with Gasteiger partial charge in [-0.2, -0.15) is 0 Å². The summed E-state index contributed by atoms with van der Waals surface area (Å²) >= 11 is 0. The van der Waals surface area contributed by atoms with Crippen LogP contribution in [0.1, 0.15) is 18.6 Å². The molecule has 1 aromatic carbocycles. The normalized spacial score (nSPS) is 16.3. The van der Waals surface area contributed by atoms with Crippen LogP contribution in [0.15, 0.2) is 30.5 Å². The fraction of sp³-hybridized carbons (Fsp3) is 0.389. The molecular weight excluding hydrogens is 336 g/mol. The maximum atomic E-state index is 12.2. The smallest absolute Gasteiger partial charge is 0.324 e. The van der Waals surface area contributed by atoms with Crippen molar-refractivity contribution in [2.45, 2.75) is 13.0 Å². The Hall–Kier alpha value is -2.87. The molecule has 2 N–H and O–H groups in total. The Morgan fingerprint density at radius 1 is 1.23 bits per heavy atom. The maximum Gasteiger partial charge on any atom is 0.324 e. The third-order valence-electron chi connectivity index (χ3n) is 4.68. The SMILES string of the molecule is CCN1CCN(C(=O)NCC(O)c2ccc3c(ccn3C)c2)C(=O)C1=O. The number of amides is 4. The number of hydrogen-bond donors (Lipinski definition) is 2. The van der Waals surface area contributed by atoms with Crippen molar-refractivity contribution in [1.29, 1.82) is 0 Å². The molecule has 1 fully saturated rings. The second-order valence-corrected chi connectivity index (χ2v) is 6.29. The van der Waals surface area contributed by atoms with Crippen molar-refractivity contribution < 1.29 is 19.5 Å². The predicted octanol–water partition coefficient (Wildman–Crippen LogP) is 0.612. The van der Waals surface area contributed by atoms with Crippen LogP contribution in [0.3, 0.4) is 0 Å². The van der Waals surface area contributed by atoms with E-state index in [0.29, 0.717) is 18.7 Å². The van der Waals surface area contributed by atoms with Crippen molar-refractivity contribution in [1.82, 2.24) is 19.7 Å². The van der Waals surface area contributed by atoms with Gasteiger partial charge in [-0.1, -0.05) is 6.07 Å². The first-order chi connectivity index (χ1) is 12.4. The molecule has 1 aromatic heterocycles. The highest BCUT2D eigenvalue weighted by Crippen LogP contribution is 2.20. The van der Waals surface area contributed by atoms with Crippen LogP contribution >= 0.6 is 0 Å². The Kier molecular flexibility index (Phi) is 4.94. The van der Waals surface area contributed by atoms with E-state index in [1.54, 1.807) is 13.0 Å². The second kappa shape index (κ2) is 7.17.